The number of ether oxygens (including phenoxy) is 1. The number of carbonyl (C=O) groups excluding carboxylic acids is 1. The van der Waals surface area contributed by atoms with Crippen LogP contribution in [-0.4, -0.2) is 46.3 Å². The summed E-state index contributed by atoms with van der Waals surface area (Å²) >= 11 is 9.69. The predicted molar refractivity (Wildman–Crippen MR) is 112 cm³/mol. The number of halogens is 2. The molecule has 0 spiro atoms. The molecule has 0 aliphatic rings. The number of rotatable bonds is 6. The minimum Gasteiger partial charge on any atom is -0.495 e. The van der Waals surface area contributed by atoms with Crippen LogP contribution >= 0.6 is 27.5 Å². The average Bonchev–Trinajstić information content (AvgIpc) is 3.10. The summed E-state index contributed by atoms with van der Waals surface area (Å²) in [5.74, 6) is 0.225. The molecule has 0 atom stereocenters. The van der Waals surface area contributed by atoms with Gasteiger partial charge in [0.1, 0.15) is 22.5 Å². The average molecular weight is 470 g/mol. The third-order valence-electron chi connectivity index (χ3n) is 3.85. The Balaban J connectivity index is 2.22. The molecule has 9 nitrogen and oxygen atoms in total. The van der Waals surface area contributed by atoms with E-state index in [1.807, 2.05) is 0 Å². The maximum Gasteiger partial charge on any atom is 0.221 e. The quantitative estimate of drug-likeness (QED) is 0.409. The van der Waals surface area contributed by atoms with Crippen molar-refractivity contribution in [3.05, 3.63) is 27.7 Å². The Labute approximate surface area is 173 Å². The summed E-state index contributed by atoms with van der Waals surface area (Å²) in [5, 5.41) is 24.1. The normalized spacial score (nSPS) is 10.9. The number of hydrogen-bond acceptors (Lipinski definition) is 7. The van der Waals surface area contributed by atoms with Gasteiger partial charge in [-0.15, -0.1) is 15.0 Å². The van der Waals surface area contributed by atoms with E-state index in [0.29, 0.717) is 55.6 Å². The molecule has 2 aromatic carbocycles. The molecule has 0 aliphatic carbocycles. The summed E-state index contributed by atoms with van der Waals surface area (Å²) in [5.41, 5.74) is 8.74. The molecule has 11 heteroatoms. The summed E-state index contributed by atoms with van der Waals surface area (Å²) in [7, 11) is 1.52. The van der Waals surface area contributed by atoms with Gasteiger partial charge in [0.25, 0.3) is 0 Å². The SMILES string of the molecule is COc1cc(-n2nc3c(Br)cc(N)c(Cl)c3n2)c(NC(C)=O)cc1NCCO. The highest BCUT2D eigenvalue weighted by Gasteiger charge is 2.18. The summed E-state index contributed by atoms with van der Waals surface area (Å²) in [6, 6.07) is 5.01. The number of nitrogens with one attached hydrogen (secondary N) is 2. The number of nitrogens with two attached hydrogens (primary N) is 1. The lowest BCUT2D eigenvalue weighted by molar-refractivity contribution is -0.114. The van der Waals surface area contributed by atoms with Crippen molar-refractivity contribution in [3.8, 4) is 11.4 Å². The largest absolute Gasteiger partial charge is 0.495 e. The molecule has 1 aromatic heterocycles. The highest BCUT2D eigenvalue weighted by atomic mass is 79.9. The van der Waals surface area contributed by atoms with Crippen LogP contribution in [0.3, 0.4) is 0 Å². The number of nitrogens with zero attached hydrogens (tertiary/aromatic N) is 3. The number of amides is 1. The number of aliphatic hydroxyl groups is 1. The summed E-state index contributed by atoms with van der Waals surface area (Å²) < 4.78 is 6.07. The zero-order chi connectivity index (χ0) is 20.4. The van der Waals surface area contributed by atoms with Crippen molar-refractivity contribution in [2.75, 3.05) is 36.6 Å². The van der Waals surface area contributed by atoms with Crippen LogP contribution in [0.4, 0.5) is 17.1 Å². The second-order valence-corrected chi connectivity index (χ2v) is 7.08. The number of benzene rings is 2. The molecule has 1 heterocycles. The lowest BCUT2D eigenvalue weighted by atomic mass is 10.2. The number of nitrogen functional groups attached to an aromatic ring is 1. The Morgan fingerprint density at radius 1 is 1.32 bits per heavy atom. The number of aliphatic hydroxyl groups excluding tert-OH is 1. The Bertz CT molecular complexity index is 1060. The van der Waals surface area contributed by atoms with Crippen molar-refractivity contribution in [3.63, 3.8) is 0 Å². The van der Waals surface area contributed by atoms with Gasteiger partial charge in [0.2, 0.25) is 5.91 Å². The summed E-state index contributed by atoms with van der Waals surface area (Å²) in [6.07, 6.45) is 0. The van der Waals surface area contributed by atoms with Gasteiger partial charge in [0, 0.05) is 24.0 Å². The Kier molecular flexibility index (Phi) is 5.92. The maximum atomic E-state index is 11.7. The first kappa shape index (κ1) is 20.2. The first-order chi connectivity index (χ1) is 13.3. The van der Waals surface area contributed by atoms with Gasteiger partial charge in [-0.2, -0.15) is 0 Å². The van der Waals surface area contributed by atoms with Gasteiger partial charge >= 0.3 is 0 Å². The summed E-state index contributed by atoms with van der Waals surface area (Å²) in [6.45, 7) is 1.66. The van der Waals surface area contributed by atoms with Crippen molar-refractivity contribution < 1.29 is 14.6 Å². The van der Waals surface area contributed by atoms with Crippen molar-refractivity contribution >= 4 is 61.5 Å². The van der Waals surface area contributed by atoms with E-state index in [1.165, 1.54) is 18.8 Å². The van der Waals surface area contributed by atoms with Gasteiger partial charge in [-0.25, -0.2) is 0 Å². The molecule has 0 bridgehead atoms. The Morgan fingerprint density at radius 3 is 2.68 bits per heavy atom. The molecule has 148 valence electrons. The zero-order valence-electron chi connectivity index (χ0n) is 15.1. The van der Waals surface area contributed by atoms with E-state index in [-0.39, 0.29) is 12.5 Å². The number of hydrogen-bond donors (Lipinski definition) is 4. The van der Waals surface area contributed by atoms with E-state index in [2.05, 4.69) is 36.8 Å². The number of fused-ring (bicyclic) bond motifs is 1. The maximum absolute atomic E-state index is 11.7. The molecule has 0 saturated heterocycles. The molecule has 5 N–H and O–H groups in total. The van der Waals surface area contributed by atoms with Crippen LogP contribution in [0, 0.1) is 0 Å². The van der Waals surface area contributed by atoms with Crippen LogP contribution in [0.1, 0.15) is 6.92 Å². The smallest absolute Gasteiger partial charge is 0.221 e. The molecule has 28 heavy (non-hydrogen) atoms. The van der Waals surface area contributed by atoms with Gasteiger partial charge in [-0.1, -0.05) is 11.6 Å². The minimum atomic E-state index is -0.264. The van der Waals surface area contributed by atoms with E-state index >= 15 is 0 Å². The first-order valence-electron chi connectivity index (χ1n) is 8.21. The van der Waals surface area contributed by atoms with Crippen molar-refractivity contribution in [2.24, 2.45) is 0 Å². The van der Waals surface area contributed by atoms with Crippen LogP contribution in [0.25, 0.3) is 16.7 Å². The molecule has 3 aromatic rings. The Hall–Kier alpha value is -2.56. The van der Waals surface area contributed by atoms with Crippen molar-refractivity contribution in [2.45, 2.75) is 6.92 Å². The predicted octanol–water partition coefficient (Wildman–Crippen LogP) is 2.79. The van der Waals surface area contributed by atoms with E-state index in [1.54, 1.807) is 18.2 Å². The van der Waals surface area contributed by atoms with E-state index < -0.39 is 0 Å². The molecule has 0 aliphatic heterocycles. The topological polar surface area (TPSA) is 127 Å². The van der Waals surface area contributed by atoms with Crippen LogP contribution in [0.5, 0.6) is 5.75 Å². The molecule has 0 unspecified atom stereocenters. The van der Waals surface area contributed by atoms with Crippen molar-refractivity contribution in [1.29, 1.82) is 0 Å². The van der Waals surface area contributed by atoms with Gasteiger partial charge in [0.05, 0.1) is 35.8 Å². The second kappa shape index (κ2) is 8.21. The third kappa shape index (κ3) is 3.84. The Morgan fingerprint density at radius 2 is 2.04 bits per heavy atom. The molecule has 0 saturated carbocycles. The molecular formula is C17H18BrClN6O3. The van der Waals surface area contributed by atoms with E-state index in [9.17, 15) is 4.79 Å². The van der Waals surface area contributed by atoms with Crippen LogP contribution in [0.15, 0.2) is 22.7 Å². The van der Waals surface area contributed by atoms with Crippen LogP contribution in [-0.2, 0) is 4.79 Å². The minimum absolute atomic E-state index is 0.0551. The monoisotopic (exact) mass is 468 g/mol. The van der Waals surface area contributed by atoms with Gasteiger partial charge in [-0.05, 0) is 28.1 Å². The van der Waals surface area contributed by atoms with E-state index in [0.717, 1.165) is 0 Å². The van der Waals surface area contributed by atoms with Crippen LogP contribution < -0.4 is 21.1 Å². The number of methoxy groups -OCH3 is 1. The molecule has 0 fully saturated rings. The fourth-order valence-electron chi connectivity index (χ4n) is 2.65. The fraction of sp³-hybridized carbons (Fsp3) is 0.235. The molecule has 0 radical (unpaired) electrons. The van der Waals surface area contributed by atoms with Gasteiger partial charge in [0.15, 0.2) is 0 Å². The molecular weight excluding hydrogens is 452 g/mol. The summed E-state index contributed by atoms with van der Waals surface area (Å²) in [4.78, 5) is 13.1. The van der Waals surface area contributed by atoms with Crippen molar-refractivity contribution in [1.82, 2.24) is 15.0 Å². The number of carbonyl (C=O) groups is 1. The molecule has 1 amide bonds. The number of anilines is 3. The second-order valence-electron chi connectivity index (χ2n) is 5.85. The molecule has 3 rings (SSSR count). The van der Waals surface area contributed by atoms with Crippen LogP contribution in [0.2, 0.25) is 5.02 Å². The third-order valence-corrected chi connectivity index (χ3v) is 4.86. The number of aromatic nitrogens is 3. The van der Waals surface area contributed by atoms with E-state index in [4.69, 9.17) is 27.2 Å². The zero-order valence-corrected chi connectivity index (χ0v) is 17.4. The highest BCUT2D eigenvalue weighted by molar-refractivity contribution is 9.10. The fourth-order valence-corrected chi connectivity index (χ4v) is 3.35. The van der Waals surface area contributed by atoms with Gasteiger partial charge in [-0.3, -0.25) is 4.79 Å². The lowest BCUT2D eigenvalue weighted by Crippen LogP contribution is -2.13. The van der Waals surface area contributed by atoms with Gasteiger partial charge < -0.3 is 26.2 Å². The lowest BCUT2D eigenvalue weighted by Gasteiger charge is -2.16. The standard InChI is InChI=1S/C17H18BrClN6O3/c1-8(27)22-11-6-12(21-3-4-26)14(28-2)7-13(11)25-23-16-9(18)5-10(20)15(19)17(16)24-25/h5-7,21,26H,3-4,20H2,1-2H3,(H,22,27). The first-order valence-corrected chi connectivity index (χ1v) is 9.38. The highest BCUT2D eigenvalue weighted by Crippen LogP contribution is 2.36.